The average molecular weight is 408 g/mol. The van der Waals surface area contributed by atoms with Crippen molar-refractivity contribution in [2.75, 3.05) is 10.5 Å². The maximum atomic E-state index is 12.9. The third kappa shape index (κ3) is 4.23. The first-order chi connectivity index (χ1) is 13.3. The van der Waals surface area contributed by atoms with Crippen LogP contribution in [0.25, 0.3) is 0 Å². The van der Waals surface area contributed by atoms with Crippen molar-refractivity contribution >= 4 is 17.3 Å². The van der Waals surface area contributed by atoms with E-state index in [1.165, 1.54) is 17.4 Å². The Bertz CT molecular complexity index is 923. The van der Waals surface area contributed by atoms with Crippen molar-refractivity contribution in [3.05, 3.63) is 59.2 Å². The second-order valence-corrected chi connectivity index (χ2v) is 7.99. The molecule has 1 amide bonds. The molecule has 2 aromatic rings. The van der Waals surface area contributed by atoms with E-state index in [2.05, 4.69) is 5.32 Å². The van der Waals surface area contributed by atoms with Crippen LogP contribution in [0.1, 0.15) is 49.2 Å². The van der Waals surface area contributed by atoms with Crippen molar-refractivity contribution in [1.82, 2.24) is 0 Å². The number of rotatable bonds is 3. The standard InChI is InChI=1S/C21H23F3N2O3/c1-13-9-10-16(12-17(13)26-28-19(2,3)20(4,5)29-26)25-18(27)14-7-6-8-15(11-14)21(22,23)24/h6-12H,1-5H3,(H,25,27). The molecule has 156 valence electrons. The Kier molecular flexibility index (Phi) is 5.13. The van der Waals surface area contributed by atoms with Gasteiger partial charge in [-0.05, 0) is 70.5 Å². The molecule has 2 aromatic carbocycles. The first kappa shape index (κ1) is 21.1. The number of hydrogen-bond acceptors (Lipinski definition) is 4. The van der Waals surface area contributed by atoms with Crippen LogP contribution in [0.3, 0.4) is 0 Å². The first-order valence-corrected chi connectivity index (χ1v) is 9.08. The number of benzene rings is 2. The maximum Gasteiger partial charge on any atom is 0.416 e. The number of nitrogens with one attached hydrogen (secondary N) is 1. The van der Waals surface area contributed by atoms with Crippen LogP contribution in [-0.2, 0) is 15.9 Å². The largest absolute Gasteiger partial charge is 0.416 e. The molecule has 0 spiro atoms. The predicted octanol–water partition coefficient (Wildman–Crippen LogP) is 5.51. The molecule has 0 saturated carbocycles. The van der Waals surface area contributed by atoms with Crippen LogP contribution in [0.4, 0.5) is 24.5 Å². The smallest absolute Gasteiger partial charge is 0.322 e. The van der Waals surface area contributed by atoms with Gasteiger partial charge in [0.2, 0.25) is 0 Å². The summed E-state index contributed by atoms with van der Waals surface area (Å²) in [7, 11) is 0. The molecule has 0 aliphatic carbocycles. The number of alkyl halides is 3. The van der Waals surface area contributed by atoms with Crippen LogP contribution in [0.15, 0.2) is 42.5 Å². The summed E-state index contributed by atoms with van der Waals surface area (Å²) in [5.41, 5.74) is -0.298. The molecule has 0 radical (unpaired) electrons. The summed E-state index contributed by atoms with van der Waals surface area (Å²) in [5, 5.41) is 3.94. The minimum atomic E-state index is -4.52. The Balaban J connectivity index is 1.83. The number of halogens is 3. The summed E-state index contributed by atoms with van der Waals surface area (Å²) in [5.74, 6) is -0.644. The van der Waals surface area contributed by atoms with Crippen molar-refractivity contribution in [3.8, 4) is 0 Å². The predicted molar refractivity (Wildman–Crippen MR) is 103 cm³/mol. The van der Waals surface area contributed by atoms with E-state index in [9.17, 15) is 18.0 Å². The molecule has 1 aliphatic heterocycles. The van der Waals surface area contributed by atoms with E-state index in [0.717, 1.165) is 17.7 Å². The highest BCUT2D eigenvalue weighted by atomic mass is 19.4. The lowest BCUT2D eigenvalue weighted by Crippen LogP contribution is -2.41. The third-order valence-corrected chi connectivity index (χ3v) is 5.19. The van der Waals surface area contributed by atoms with Gasteiger partial charge in [-0.25, -0.2) is 9.68 Å². The Morgan fingerprint density at radius 3 is 2.21 bits per heavy atom. The highest BCUT2D eigenvalue weighted by molar-refractivity contribution is 6.04. The maximum absolute atomic E-state index is 12.9. The Morgan fingerprint density at radius 2 is 1.62 bits per heavy atom. The topological polar surface area (TPSA) is 50.8 Å². The molecular formula is C21H23F3N2O3. The SMILES string of the molecule is Cc1ccc(NC(=O)c2cccc(C(F)(F)F)c2)cc1N1OC(C)(C)C(C)(C)O1. The average Bonchev–Trinajstić information content (AvgIpc) is 2.83. The van der Waals surface area contributed by atoms with Gasteiger partial charge < -0.3 is 5.32 Å². The molecule has 0 atom stereocenters. The van der Waals surface area contributed by atoms with E-state index in [1.807, 2.05) is 34.6 Å². The zero-order valence-electron chi connectivity index (χ0n) is 16.8. The molecule has 5 nitrogen and oxygen atoms in total. The van der Waals surface area contributed by atoms with Gasteiger partial charge in [-0.3, -0.25) is 4.79 Å². The van der Waals surface area contributed by atoms with Gasteiger partial charge in [0.1, 0.15) is 11.2 Å². The lowest BCUT2D eigenvalue weighted by molar-refractivity contribution is -0.137. The quantitative estimate of drug-likeness (QED) is 0.728. The number of hydrogen-bond donors (Lipinski definition) is 1. The lowest BCUT2D eigenvalue weighted by atomic mass is 9.90. The zero-order chi connectivity index (χ0) is 21.6. The molecule has 0 bridgehead atoms. The van der Waals surface area contributed by atoms with Gasteiger partial charge in [0, 0.05) is 11.3 Å². The molecule has 1 fully saturated rings. The van der Waals surface area contributed by atoms with Gasteiger partial charge >= 0.3 is 6.18 Å². The minimum absolute atomic E-state index is 0.0853. The molecule has 1 N–H and O–H groups in total. The van der Waals surface area contributed by atoms with Gasteiger partial charge in [0.25, 0.3) is 5.91 Å². The van der Waals surface area contributed by atoms with E-state index in [-0.39, 0.29) is 5.56 Å². The van der Waals surface area contributed by atoms with E-state index < -0.39 is 28.8 Å². The van der Waals surface area contributed by atoms with Crippen molar-refractivity contribution in [2.24, 2.45) is 0 Å². The van der Waals surface area contributed by atoms with Crippen molar-refractivity contribution in [2.45, 2.75) is 52.0 Å². The second kappa shape index (κ2) is 7.03. The highest BCUT2D eigenvalue weighted by Crippen LogP contribution is 2.41. The number of amides is 1. The molecular weight excluding hydrogens is 385 g/mol. The second-order valence-electron chi connectivity index (χ2n) is 7.99. The van der Waals surface area contributed by atoms with E-state index in [4.69, 9.17) is 9.68 Å². The fourth-order valence-corrected chi connectivity index (χ4v) is 2.68. The van der Waals surface area contributed by atoms with Crippen molar-refractivity contribution < 1.29 is 27.6 Å². The zero-order valence-corrected chi connectivity index (χ0v) is 16.8. The van der Waals surface area contributed by atoms with Crippen LogP contribution >= 0.6 is 0 Å². The number of anilines is 2. The van der Waals surface area contributed by atoms with E-state index >= 15 is 0 Å². The van der Waals surface area contributed by atoms with Crippen LogP contribution in [0.5, 0.6) is 0 Å². The summed E-state index contributed by atoms with van der Waals surface area (Å²) in [6, 6.07) is 9.36. The fourth-order valence-electron chi connectivity index (χ4n) is 2.68. The fraction of sp³-hybridized carbons (Fsp3) is 0.381. The molecule has 0 aromatic heterocycles. The molecule has 1 heterocycles. The summed E-state index contributed by atoms with van der Waals surface area (Å²) < 4.78 is 38.7. The number of carbonyl (C=O) groups is 1. The molecule has 3 rings (SSSR count). The third-order valence-electron chi connectivity index (χ3n) is 5.19. The highest BCUT2D eigenvalue weighted by Gasteiger charge is 2.50. The van der Waals surface area contributed by atoms with Gasteiger partial charge in [-0.15, -0.1) is 5.23 Å². The summed E-state index contributed by atoms with van der Waals surface area (Å²) in [6.07, 6.45) is -4.52. The van der Waals surface area contributed by atoms with Crippen LogP contribution in [-0.4, -0.2) is 17.1 Å². The Labute approximate surface area is 167 Å². The van der Waals surface area contributed by atoms with Gasteiger partial charge in [0.15, 0.2) is 0 Å². The molecule has 29 heavy (non-hydrogen) atoms. The minimum Gasteiger partial charge on any atom is -0.322 e. The molecule has 0 unspecified atom stereocenters. The van der Waals surface area contributed by atoms with Gasteiger partial charge in [-0.2, -0.15) is 13.2 Å². The van der Waals surface area contributed by atoms with E-state index in [1.54, 1.807) is 18.2 Å². The summed E-state index contributed by atoms with van der Waals surface area (Å²) in [6.45, 7) is 9.48. The number of nitrogens with zero attached hydrogens (tertiary/aromatic N) is 1. The lowest BCUT2D eigenvalue weighted by Gasteiger charge is -2.26. The monoisotopic (exact) mass is 408 g/mol. The van der Waals surface area contributed by atoms with Crippen LogP contribution in [0, 0.1) is 6.92 Å². The number of aryl methyl sites for hydroxylation is 1. The first-order valence-electron chi connectivity index (χ1n) is 9.08. The van der Waals surface area contributed by atoms with Crippen LogP contribution in [0.2, 0.25) is 0 Å². The molecule has 8 heteroatoms. The van der Waals surface area contributed by atoms with Crippen molar-refractivity contribution in [3.63, 3.8) is 0 Å². The normalized spacial score (nSPS) is 18.0. The molecule has 1 saturated heterocycles. The summed E-state index contributed by atoms with van der Waals surface area (Å²) in [4.78, 5) is 24.3. The number of carbonyl (C=O) groups excluding carboxylic acids is 1. The van der Waals surface area contributed by atoms with Crippen LogP contribution < -0.4 is 10.5 Å². The van der Waals surface area contributed by atoms with Gasteiger partial charge in [-0.1, -0.05) is 12.1 Å². The van der Waals surface area contributed by atoms with E-state index in [0.29, 0.717) is 11.4 Å². The summed E-state index contributed by atoms with van der Waals surface area (Å²) >= 11 is 0. The van der Waals surface area contributed by atoms with Crippen molar-refractivity contribution in [1.29, 1.82) is 0 Å². The van der Waals surface area contributed by atoms with Gasteiger partial charge in [0.05, 0.1) is 11.3 Å². The Hall–Kier alpha value is -2.58. The Morgan fingerprint density at radius 1 is 1.00 bits per heavy atom. The molecule has 1 aliphatic rings.